The van der Waals surface area contributed by atoms with Crippen molar-refractivity contribution in [3.8, 4) is 11.1 Å². The Morgan fingerprint density at radius 3 is 2.56 bits per heavy atom. The largest absolute Gasteiger partial charge is 0.345 e. The summed E-state index contributed by atoms with van der Waals surface area (Å²) < 4.78 is 15.4. The fourth-order valence-corrected chi connectivity index (χ4v) is 1.79. The van der Waals surface area contributed by atoms with Crippen LogP contribution in [0.1, 0.15) is 16.2 Å². The maximum atomic E-state index is 13.6. The minimum atomic E-state index is -0.309. The Kier molecular flexibility index (Phi) is 2.60. The number of aldehydes is 1. The molecule has 0 saturated heterocycles. The molecule has 0 bridgehead atoms. The van der Waals surface area contributed by atoms with Crippen LogP contribution in [0.5, 0.6) is 0 Å². The molecule has 0 N–H and O–H groups in total. The number of aryl methyl sites for hydroxylation is 1. The normalized spacial score (nSPS) is 10.4. The second-order valence-electron chi connectivity index (χ2n) is 3.74. The van der Waals surface area contributed by atoms with Gasteiger partial charge in [-0.1, -0.05) is 18.2 Å². The van der Waals surface area contributed by atoms with Gasteiger partial charge < -0.3 is 4.57 Å². The average molecular weight is 217 g/mol. The topological polar surface area (TPSA) is 22.0 Å². The molecule has 1 aromatic heterocycles. The lowest BCUT2D eigenvalue weighted by atomic mass is 10.1. The molecule has 0 radical (unpaired) electrons. The number of halogens is 1. The first kappa shape index (κ1) is 10.6. The van der Waals surface area contributed by atoms with Gasteiger partial charge >= 0.3 is 0 Å². The SMILES string of the molecule is Cc1cc(-c2ccccc2F)c(C=O)n1C. The highest BCUT2D eigenvalue weighted by Gasteiger charge is 2.13. The van der Waals surface area contributed by atoms with Crippen molar-refractivity contribution in [3.63, 3.8) is 0 Å². The van der Waals surface area contributed by atoms with Crippen LogP contribution >= 0.6 is 0 Å². The molecular weight excluding hydrogens is 205 g/mol. The summed E-state index contributed by atoms with van der Waals surface area (Å²) >= 11 is 0. The molecule has 0 unspecified atom stereocenters. The number of rotatable bonds is 2. The smallest absolute Gasteiger partial charge is 0.167 e. The van der Waals surface area contributed by atoms with Gasteiger partial charge in [-0.25, -0.2) is 4.39 Å². The van der Waals surface area contributed by atoms with Crippen LogP contribution in [0.25, 0.3) is 11.1 Å². The van der Waals surface area contributed by atoms with Gasteiger partial charge in [-0.15, -0.1) is 0 Å². The molecule has 1 aromatic carbocycles. The maximum Gasteiger partial charge on any atom is 0.167 e. The van der Waals surface area contributed by atoms with E-state index in [2.05, 4.69) is 0 Å². The first-order valence-electron chi connectivity index (χ1n) is 5.01. The van der Waals surface area contributed by atoms with E-state index in [0.29, 0.717) is 16.8 Å². The van der Waals surface area contributed by atoms with Gasteiger partial charge in [0.1, 0.15) is 5.82 Å². The maximum absolute atomic E-state index is 13.6. The zero-order chi connectivity index (χ0) is 11.7. The van der Waals surface area contributed by atoms with E-state index in [1.165, 1.54) is 6.07 Å². The summed E-state index contributed by atoms with van der Waals surface area (Å²) in [6.45, 7) is 1.89. The average Bonchev–Trinajstić information content (AvgIpc) is 2.56. The van der Waals surface area contributed by atoms with Crippen LogP contribution in [0.2, 0.25) is 0 Å². The van der Waals surface area contributed by atoms with Crippen LogP contribution in [0.3, 0.4) is 0 Å². The van der Waals surface area contributed by atoms with Gasteiger partial charge in [-0.05, 0) is 19.1 Å². The van der Waals surface area contributed by atoms with Crippen LogP contribution in [0, 0.1) is 12.7 Å². The van der Waals surface area contributed by atoms with E-state index in [4.69, 9.17) is 0 Å². The van der Waals surface area contributed by atoms with Crippen LogP contribution < -0.4 is 0 Å². The Morgan fingerprint density at radius 2 is 1.94 bits per heavy atom. The molecule has 2 rings (SSSR count). The standard InChI is InChI=1S/C13H12FNO/c1-9-7-11(13(8-16)15(9)2)10-5-3-4-6-12(10)14/h3-8H,1-2H3. The van der Waals surface area contributed by atoms with Crippen molar-refractivity contribution in [2.75, 3.05) is 0 Å². The summed E-state index contributed by atoms with van der Waals surface area (Å²) in [5, 5.41) is 0. The van der Waals surface area contributed by atoms with Gasteiger partial charge in [0.15, 0.2) is 6.29 Å². The second kappa shape index (κ2) is 3.93. The fraction of sp³-hybridized carbons (Fsp3) is 0.154. The molecule has 0 fully saturated rings. The Labute approximate surface area is 93.3 Å². The third-order valence-corrected chi connectivity index (χ3v) is 2.80. The minimum Gasteiger partial charge on any atom is -0.345 e. The molecule has 0 aliphatic rings. The van der Waals surface area contributed by atoms with Crippen molar-refractivity contribution in [2.24, 2.45) is 7.05 Å². The number of carbonyl (C=O) groups is 1. The molecule has 2 aromatic rings. The van der Waals surface area contributed by atoms with E-state index in [9.17, 15) is 9.18 Å². The summed E-state index contributed by atoms with van der Waals surface area (Å²) in [5.74, 6) is -0.309. The molecule has 16 heavy (non-hydrogen) atoms. The van der Waals surface area contributed by atoms with E-state index in [-0.39, 0.29) is 5.82 Å². The van der Waals surface area contributed by atoms with E-state index in [1.807, 2.05) is 13.0 Å². The third kappa shape index (κ3) is 1.54. The van der Waals surface area contributed by atoms with E-state index >= 15 is 0 Å². The van der Waals surface area contributed by atoms with Crippen molar-refractivity contribution >= 4 is 6.29 Å². The number of hydrogen-bond donors (Lipinski definition) is 0. The van der Waals surface area contributed by atoms with Gasteiger partial charge in [0, 0.05) is 23.9 Å². The molecule has 0 amide bonds. The van der Waals surface area contributed by atoms with Crippen LogP contribution in [0.15, 0.2) is 30.3 Å². The van der Waals surface area contributed by atoms with Gasteiger partial charge in [0.05, 0.1) is 5.69 Å². The summed E-state index contributed by atoms with van der Waals surface area (Å²) in [4.78, 5) is 11.0. The van der Waals surface area contributed by atoms with Crippen molar-refractivity contribution in [1.82, 2.24) is 4.57 Å². The Morgan fingerprint density at radius 1 is 1.25 bits per heavy atom. The number of benzene rings is 1. The quantitative estimate of drug-likeness (QED) is 0.709. The highest BCUT2D eigenvalue weighted by Crippen LogP contribution is 2.27. The first-order valence-corrected chi connectivity index (χ1v) is 5.01. The molecule has 0 atom stereocenters. The highest BCUT2D eigenvalue weighted by molar-refractivity contribution is 5.86. The van der Waals surface area contributed by atoms with Crippen molar-refractivity contribution in [1.29, 1.82) is 0 Å². The van der Waals surface area contributed by atoms with E-state index in [0.717, 1.165) is 12.0 Å². The zero-order valence-corrected chi connectivity index (χ0v) is 9.20. The van der Waals surface area contributed by atoms with Crippen LogP contribution in [-0.4, -0.2) is 10.9 Å². The molecule has 0 spiro atoms. The number of aromatic nitrogens is 1. The molecule has 82 valence electrons. The lowest BCUT2D eigenvalue weighted by molar-refractivity contribution is 0.111. The summed E-state index contributed by atoms with van der Waals surface area (Å²) in [6.07, 6.45) is 0.759. The monoisotopic (exact) mass is 217 g/mol. The van der Waals surface area contributed by atoms with Gasteiger partial charge in [-0.3, -0.25) is 4.79 Å². The predicted octanol–water partition coefficient (Wildman–Crippen LogP) is 2.95. The van der Waals surface area contributed by atoms with Crippen molar-refractivity contribution in [3.05, 3.63) is 47.5 Å². The first-order chi connectivity index (χ1) is 7.65. The minimum absolute atomic E-state index is 0.309. The molecule has 0 aliphatic heterocycles. The second-order valence-corrected chi connectivity index (χ2v) is 3.74. The summed E-state index contributed by atoms with van der Waals surface area (Å²) in [7, 11) is 1.80. The van der Waals surface area contributed by atoms with E-state index in [1.54, 1.807) is 29.8 Å². The Hall–Kier alpha value is -1.90. The Bertz CT molecular complexity index is 543. The predicted molar refractivity (Wildman–Crippen MR) is 60.9 cm³/mol. The van der Waals surface area contributed by atoms with Gasteiger partial charge in [0.25, 0.3) is 0 Å². The van der Waals surface area contributed by atoms with Gasteiger partial charge in [-0.2, -0.15) is 0 Å². The van der Waals surface area contributed by atoms with Gasteiger partial charge in [0.2, 0.25) is 0 Å². The number of hydrogen-bond acceptors (Lipinski definition) is 1. The van der Waals surface area contributed by atoms with E-state index < -0.39 is 0 Å². The zero-order valence-electron chi connectivity index (χ0n) is 9.20. The fourth-order valence-electron chi connectivity index (χ4n) is 1.79. The molecule has 0 aliphatic carbocycles. The molecule has 0 saturated carbocycles. The summed E-state index contributed by atoms with van der Waals surface area (Å²) in [5.41, 5.74) is 2.55. The van der Waals surface area contributed by atoms with Crippen molar-refractivity contribution < 1.29 is 9.18 Å². The molecule has 2 nitrogen and oxygen atoms in total. The number of carbonyl (C=O) groups excluding carboxylic acids is 1. The third-order valence-electron chi connectivity index (χ3n) is 2.80. The van der Waals surface area contributed by atoms with Crippen LogP contribution in [-0.2, 0) is 7.05 Å². The number of nitrogens with zero attached hydrogens (tertiary/aromatic N) is 1. The lowest BCUT2D eigenvalue weighted by Crippen LogP contribution is -1.97. The summed E-state index contributed by atoms with van der Waals surface area (Å²) in [6, 6.07) is 8.29. The Balaban J connectivity index is 2.69. The highest BCUT2D eigenvalue weighted by atomic mass is 19.1. The van der Waals surface area contributed by atoms with Crippen molar-refractivity contribution in [2.45, 2.75) is 6.92 Å². The van der Waals surface area contributed by atoms with Crippen LogP contribution in [0.4, 0.5) is 4.39 Å². The lowest BCUT2D eigenvalue weighted by Gasteiger charge is -2.02. The molecule has 3 heteroatoms. The molecular formula is C13H12FNO. The molecule has 1 heterocycles.